The molecule has 1 fully saturated rings. The second-order valence-corrected chi connectivity index (χ2v) is 9.64. The fourth-order valence-corrected chi connectivity index (χ4v) is 5.55. The van der Waals surface area contributed by atoms with E-state index < -0.39 is 0 Å². The number of fused-ring (bicyclic) bond motifs is 1. The van der Waals surface area contributed by atoms with Crippen molar-refractivity contribution in [2.45, 2.75) is 66.7 Å². The van der Waals surface area contributed by atoms with Crippen LogP contribution in [0, 0.1) is 16.7 Å². The quantitative estimate of drug-likeness (QED) is 0.816. The largest absolute Gasteiger partial charge is 0.352 e. The lowest BCUT2D eigenvalue weighted by Crippen LogP contribution is -2.27. The van der Waals surface area contributed by atoms with Gasteiger partial charge in [0.25, 0.3) is 5.91 Å². The van der Waals surface area contributed by atoms with E-state index in [4.69, 9.17) is 0 Å². The average molecular weight is 363 g/mol. The zero-order valence-electron chi connectivity index (χ0n) is 16.0. The van der Waals surface area contributed by atoms with E-state index in [0.29, 0.717) is 6.54 Å². The Labute approximate surface area is 154 Å². The molecule has 1 aromatic heterocycles. The van der Waals surface area contributed by atoms with Crippen molar-refractivity contribution in [1.29, 1.82) is 0 Å². The van der Waals surface area contributed by atoms with Crippen LogP contribution in [-0.4, -0.2) is 18.4 Å². The van der Waals surface area contributed by atoms with Gasteiger partial charge in [-0.15, -0.1) is 11.3 Å². The number of nitrogens with one attached hydrogen (secondary N) is 2. The summed E-state index contributed by atoms with van der Waals surface area (Å²) in [6, 6.07) is 0. The van der Waals surface area contributed by atoms with Gasteiger partial charge in [0.1, 0.15) is 5.00 Å². The lowest BCUT2D eigenvalue weighted by atomic mass is 9.95. The van der Waals surface area contributed by atoms with E-state index in [1.54, 1.807) is 11.3 Å². The highest BCUT2D eigenvalue weighted by molar-refractivity contribution is 7.17. The van der Waals surface area contributed by atoms with Crippen molar-refractivity contribution in [2.24, 2.45) is 16.7 Å². The first-order chi connectivity index (χ1) is 11.7. The number of hydrogen-bond donors (Lipinski definition) is 2. The van der Waals surface area contributed by atoms with Gasteiger partial charge in [0, 0.05) is 17.3 Å². The second kappa shape index (κ2) is 6.42. The molecule has 25 heavy (non-hydrogen) atoms. The molecule has 0 radical (unpaired) electrons. The molecule has 0 bridgehead atoms. The Hall–Kier alpha value is -1.36. The summed E-state index contributed by atoms with van der Waals surface area (Å²) in [6.07, 6.45) is 5.15. The minimum atomic E-state index is -0.0362. The van der Waals surface area contributed by atoms with Crippen LogP contribution in [0.15, 0.2) is 0 Å². The van der Waals surface area contributed by atoms with Crippen molar-refractivity contribution in [2.75, 3.05) is 11.9 Å². The van der Waals surface area contributed by atoms with E-state index in [1.165, 1.54) is 11.3 Å². The molecule has 2 amide bonds. The topological polar surface area (TPSA) is 58.2 Å². The van der Waals surface area contributed by atoms with Gasteiger partial charge in [-0.05, 0) is 48.5 Å². The molecule has 2 N–H and O–H groups in total. The van der Waals surface area contributed by atoms with Gasteiger partial charge in [0.05, 0.1) is 5.56 Å². The fraction of sp³-hybridized carbons (Fsp3) is 0.700. The predicted molar refractivity (Wildman–Crippen MR) is 103 cm³/mol. The SMILES string of the molecule is CCCNC(=O)c1c(NC(=O)C2C(C)(C)C2(C)C)sc2c1CCCC2. The molecule has 2 aliphatic rings. The van der Waals surface area contributed by atoms with Gasteiger partial charge in [0.15, 0.2) is 0 Å². The number of hydrogen-bond acceptors (Lipinski definition) is 3. The van der Waals surface area contributed by atoms with E-state index in [2.05, 4.69) is 38.3 Å². The van der Waals surface area contributed by atoms with Crippen LogP contribution < -0.4 is 10.6 Å². The highest BCUT2D eigenvalue weighted by atomic mass is 32.1. The summed E-state index contributed by atoms with van der Waals surface area (Å²) in [4.78, 5) is 26.9. The van der Waals surface area contributed by atoms with Gasteiger partial charge < -0.3 is 10.6 Å². The number of rotatable bonds is 5. The van der Waals surface area contributed by atoms with Crippen molar-refractivity contribution >= 4 is 28.2 Å². The monoisotopic (exact) mass is 362 g/mol. The van der Waals surface area contributed by atoms with Gasteiger partial charge in [-0.3, -0.25) is 9.59 Å². The third-order valence-electron chi connectivity index (χ3n) is 6.45. The number of aryl methyl sites for hydroxylation is 1. The maximum absolute atomic E-state index is 12.9. The summed E-state index contributed by atoms with van der Waals surface area (Å²) in [7, 11) is 0. The van der Waals surface area contributed by atoms with Crippen molar-refractivity contribution in [1.82, 2.24) is 5.32 Å². The third-order valence-corrected chi connectivity index (χ3v) is 7.66. The first-order valence-electron chi connectivity index (χ1n) is 9.45. The predicted octanol–water partition coefficient (Wildman–Crippen LogP) is 4.39. The molecule has 0 unspecified atom stereocenters. The Balaban J connectivity index is 1.87. The van der Waals surface area contributed by atoms with Gasteiger partial charge in [0.2, 0.25) is 5.91 Å². The van der Waals surface area contributed by atoms with Crippen molar-refractivity contribution < 1.29 is 9.59 Å². The molecule has 1 saturated carbocycles. The highest BCUT2D eigenvalue weighted by Gasteiger charge is 2.68. The van der Waals surface area contributed by atoms with Crippen LogP contribution >= 0.6 is 11.3 Å². The summed E-state index contributed by atoms with van der Waals surface area (Å²) >= 11 is 1.60. The van der Waals surface area contributed by atoms with Gasteiger partial charge in [-0.1, -0.05) is 34.6 Å². The number of carbonyl (C=O) groups is 2. The molecule has 1 heterocycles. The summed E-state index contributed by atoms with van der Waals surface area (Å²) in [5, 5.41) is 6.86. The molecule has 0 aliphatic heterocycles. The summed E-state index contributed by atoms with van der Waals surface area (Å²) in [5.74, 6) is 0.00897. The van der Waals surface area contributed by atoms with E-state index in [9.17, 15) is 9.59 Å². The Morgan fingerprint density at radius 3 is 2.36 bits per heavy atom. The normalized spacial score (nSPS) is 20.7. The van der Waals surface area contributed by atoms with Crippen LogP contribution in [0.2, 0.25) is 0 Å². The first kappa shape index (κ1) is 18.4. The molecule has 0 atom stereocenters. The van der Waals surface area contributed by atoms with Crippen LogP contribution in [0.1, 0.15) is 74.7 Å². The van der Waals surface area contributed by atoms with E-state index in [-0.39, 0.29) is 28.6 Å². The lowest BCUT2D eigenvalue weighted by Gasteiger charge is -2.13. The van der Waals surface area contributed by atoms with E-state index >= 15 is 0 Å². The molecule has 3 rings (SSSR count). The minimum absolute atomic E-state index is 0.00140. The molecule has 1 aromatic rings. The van der Waals surface area contributed by atoms with Crippen LogP contribution in [0.4, 0.5) is 5.00 Å². The fourth-order valence-electron chi connectivity index (χ4n) is 4.26. The Kier molecular flexibility index (Phi) is 4.73. The third kappa shape index (κ3) is 3.01. The summed E-state index contributed by atoms with van der Waals surface area (Å²) in [5.41, 5.74) is 1.88. The lowest BCUT2D eigenvalue weighted by molar-refractivity contribution is -0.118. The minimum Gasteiger partial charge on any atom is -0.352 e. The maximum Gasteiger partial charge on any atom is 0.254 e. The zero-order chi connectivity index (χ0) is 18.4. The average Bonchev–Trinajstić information content (AvgIpc) is 2.81. The van der Waals surface area contributed by atoms with E-state index in [0.717, 1.165) is 41.8 Å². The Morgan fingerprint density at radius 1 is 1.12 bits per heavy atom. The number of anilines is 1. The smallest absolute Gasteiger partial charge is 0.254 e. The highest BCUT2D eigenvalue weighted by Crippen LogP contribution is 2.68. The van der Waals surface area contributed by atoms with Crippen molar-refractivity contribution in [3.8, 4) is 0 Å². The number of thiophene rings is 1. The molecular weight excluding hydrogens is 332 g/mol. The summed E-state index contributed by atoms with van der Waals surface area (Å²) < 4.78 is 0. The molecule has 0 saturated heterocycles. The van der Waals surface area contributed by atoms with Crippen molar-refractivity contribution in [3.05, 3.63) is 16.0 Å². The second-order valence-electron chi connectivity index (χ2n) is 8.54. The molecule has 2 aliphatic carbocycles. The molecule has 4 nitrogen and oxygen atoms in total. The zero-order valence-corrected chi connectivity index (χ0v) is 16.9. The molecule has 5 heteroatoms. The van der Waals surface area contributed by atoms with Crippen LogP contribution in [0.3, 0.4) is 0 Å². The number of amides is 2. The van der Waals surface area contributed by atoms with Crippen LogP contribution in [0.25, 0.3) is 0 Å². The summed E-state index contributed by atoms with van der Waals surface area (Å²) in [6.45, 7) is 11.3. The van der Waals surface area contributed by atoms with E-state index in [1.807, 2.05) is 6.92 Å². The van der Waals surface area contributed by atoms with Gasteiger partial charge in [-0.25, -0.2) is 0 Å². The molecule has 0 spiro atoms. The van der Waals surface area contributed by atoms with Crippen molar-refractivity contribution in [3.63, 3.8) is 0 Å². The van der Waals surface area contributed by atoms with Crippen LogP contribution in [-0.2, 0) is 17.6 Å². The number of carbonyl (C=O) groups excluding carboxylic acids is 2. The van der Waals surface area contributed by atoms with Gasteiger partial charge in [-0.2, -0.15) is 0 Å². The first-order valence-corrected chi connectivity index (χ1v) is 10.3. The standard InChI is InChI=1S/C20H30N2O2S/c1-6-11-21-16(23)14-12-9-7-8-10-13(12)25-18(14)22-17(24)15-19(2,3)20(15,4)5/h15H,6-11H2,1-5H3,(H,21,23)(H,22,24). The molecular formula is C20H30N2O2S. The maximum atomic E-state index is 12.9. The molecule has 0 aromatic carbocycles. The Morgan fingerprint density at radius 2 is 1.76 bits per heavy atom. The molecule has 138 valence electrons. The Bertz CT molecular complexity index is 689. The van der Waals surface area contributed by atoms with Gasteiger partial charge >= 0.3 is 0 Å². The van der Waals surface area contributed by atoms with Crippen LogP contribution in [0.5, 0.6) is 0 Å².